The van der Waals surface area contributed by atoms with Crippen LogP contribution < -0.4 is 10.5 Å². The average molecular weight is 413 g/mol. The molecule has 1 aliphatic rings. The Balaban J connectivity index is 1.76. The Morgan fingerprint density at radius 1 is 1.07 bits per heavy atom. The summed E-state index contributed by atoms with van der Waals surface area (Å²) >= 11 is 0. The Labute approximate surface area is 177 Å². The maximum Gasteiger partial charge on any atom is 0.264 e. The molecule has 1 saturated heterocycles. The number of nitrogens with zero attached hydrogens (tertiary/aromatic N) is 5. The molecule has 0 aromatic carbocycles. The van der Waals surface area contributed by atoms with E-state index < -0.39 is 0 Å². The molecule has 8 heteroatoms. The highest BCUT2D eigenvalue weighted by Gasteiger charge is 2.28. The van der Waals surface area contributed by atoms with Gasteiger partial charge >= 0.3 is 0 Å². The van der Waals surface area contributed by atoms with Gasteiger partial charge in [-0.3, -0.25) is 9.59 Å². The molecule has 2 aromatic rings. The van der Waals surface area contributed by atoms with E-state index in [1.54, 1.807) is 11.8 Å². The topological polar surface area (TPSA) is 95.1 Å². The van der Waals surface area contributed by atoms with Crippen molar-refractivity contribution in [2.75, 3.05) is 31.1 Å². The Bertz CT molecular complexity index is 998. The fourth-order valence-electron chi connectivity index (χ4n) is 3.48. The van der Waals surface area contributed by atoms with Gasteiger partial charge < -0.3 is 14.8 Å². The minimum Gasteiger partial charge on any atom is -0.353 e. The number of aryl methyl sites for hydroxylation is 2. The molecule has 0 atom stereocenters. The van der Waals surface area contributed by atoms with Crippen molar-refractivity contribution in [3.8, 4) is 0 Å². The Hall–Kier alpha value is -2.77. The van der Waals surface area contributed by atoms with Gasteiger partial charge in [0.25, 0.3) is 11.5 Å². The van der Waals surface area contributed by atoms with Crippen LogP contribution in [0, 0.1) is 13.8 Å². The molecule has 162 valence electrons. The molecule has 0 aliphatic carbocycles. The summed E-state index contributed by atoms with van der Waals surface area (Å²) in [6, 6.07) is 1.98. The summed E-state index contributed by atoms with van der Waals surface area (Å²) < 4.78 is 0. The fourth-order valence-corrected chi connectivity index (χ4v) is 3.48. The lowest BCUT2D eigenvalue weighted by Gasteiger charge is -2.35. The lowest BCUT2D eigenvalue weighted by molar-refractivity contribution is 0.0743. The van der Waals surface area contributed by atoms with E-state index in [0.717, 1.165) is 17.3 Å². The zero-order chi connectivity index (χ0) is 22.2. The zero-order valence-corrected chi connectivity index (χ0v) is 19.0. The summed E-state index contributed by atoms with van der Waals surface area (Å²) in [6.45, 7) is 16.2. The number of carbonyl (C=O) groups excluding carboxylic acids is 1. The number of H-pyrrole nitrogens is 1. The molecule has 3 rings (SSSR count). The third-order valence-corrected chi connectivity index (χ3v) is 5.29. The highest BCUT2D eigenvalue weighted by atomic mass is 16.2. The number of piperazine rings is 1. The zero-order valence-electron chi connectivity index (χ0n) is 19.0. The van der Waals surface area contributed by atoms with Gasteiger partial charge in [-0.05, 0) is 13.8 Å². The first-order valence-electron chi connectivity index (χ1n) is 10.5. The summed E-state index contributed by atoms with van der Waals surface area (Å²) in [5.74, 6) is 2.30. The smallest absolute Gasteiger partial charge is 0.264 e. The molecule has 30 heavy (non-hydrogen) atoms. The first-order chi connectivity index (χ1) is 14.0. The van der Waals surface area contributed by atoms with Gasteiger partial charge in [-0.2, -0.15) is 0 Å². The largest absolute Gasteiger partial charge is 0.353 e. The SMILES string of the molecule is Cc1cc(N2CCN(C(=O)c3c(C)nc(C(C)(C)C)[nH]c3=O)CC2)nc(C(C)C)n1. The maximum atomic E-state index is 13.1. The fraction of sp³-hybridized carbons (Fsp3) is 0.591. The molecule has 0 saturated carbocycles. The minimum atomic E-state index is -0.368. The number of anilines is 1. The molecule has 8 nitrogen and oxygen atoms in total. The average Bonchev–Trinajstić information content (AvgIpc) is 2.66. The van der Waals surface area contributed by atoms with E-state index in [9.17, 15) is 9.59 Å². The standard InChI is InChI=1S/C22H32N6O2/c1-13(2)18-23-14(3)12-16(25-18)27-8-10-28(11-9-27)20(30)17-15(4)24-21(22(5,6)7)26-19(17)29/h12-13H,8-11H2,1-7H3,(H,24,26,29). The van der Waals surface area contributed by atoms with E-state index in [0.29, 0.717) is 37.7 Å². The predicted molar refractivity (Wildman–Crippen MR) is 117 cm³/mol. The molecular weight excluding hydrogens is 380 g/mol. The van der Waals surface area contributed by atoms with E-state index >= 15 is 0 Å². The molecule has 0 radical (unpaired) electrons. The van der Waals surface area contributed by atoms with Gasteiger partial charge in [0.05, 0.1) is 5.69 Å². The van der Waals surface area contributed by atoms with Gasteiger partial charge in [-0.25, -0.2) is 15.0 Å². The van der Waals surface area contributed by atoms with Gasteiger partial charge in [0.15, 0.2) is 0 Å². The van der Waals surface area contributed by atoms with Crippen LogP contribution in [0.4, 0.5) is 5.82 Å². The van der Waals surface area contributed by atoms with Gasteiger partial charge in [-0.1, -0.05) is 34.6 Å². The summed E-state index contributed by atoms with van der Waals surface area (Å²) in [5.41, 5.74) is 0.893. The van der Waals surface area contributed by atoms with Crippen LogP contribution in [-0.4, -0.2) is 56.9 Å². The normalized spacial score (nSPS) is 15.1. The van der Waals surface area contributed by atoms with Crippen molar-refractivity contribution in [2.24, 2.45) is 0 Å². The molecule has 3 heterocycles. The molecule has 1 fully saturated rings. The maximum absolute atomic E-state index is 13.1. The van der Waals surface area contributed by atoms with Gasteiger partial charge in [0.1, 0.15) is 23.0 Å². The van der Waals surface area contributed by atoms with Crippen LogP contribution in [-0.2, 0) is 5.41 Å². The quantitative estimate of drug-likeness (QED) is 0.832. The Kier molecular flexibility index (Phi) is 5.97. The van der Waals surface area contributed by atoms with Crippen LogP contribution in [0.5, 0.6) is 0 Å². The van der Waals surface area contributed by atoms with Crippen LogP contribution in [0.15, 0.2) is 10.9 Å². The van der Waals surface area contributed by atoms with Crippen molar-refractivity contribution >= 4 is 11.7 Å². The number of hydrogen-bond acceptors (Lipinski definition) is 6. The van der Waals surface area contributed by atoms with E-state index in [4.69, 9.17) is 4.98 Å². The van der Waals surface area contributed by atoms with E-state index in [1.807, 2.05) is 33.8 Å². The summed E-state index contributed by atoms with van der Waals surface area (Å²) in [6.07, 6.45) is 0. The molecule has 0 bridgehead atoms. The van der Waals surface area contributed by atoms with E-state index in [-0.39, 0.29) is 28.4 Å². The molecular formula is C22H32N6O2. The number of rotatable bonds is 3. The monoisotopic (exact) mass is 412 g/mol. The second-order valence-corrected chi connectivity index (χ2v) is 9.28. The van der Waals surface area contributed by atoms with Crippen molar-refractivity contribution in [1.29, 1.82) is 0 Å². The minimum absolute atomic E-state index is 0.136. The number of hydrogen-bond donors (Lipinski definition) is 1. The van der Waals surface area contributed by atoms with Crippen molar-refractivity contribution < 1.29 is 4.79 Å². The number of aromatic nitrogens is 4. The first kappa shape index (κ1) is 21.9. The highest BCUT2D eigenvalue weighted by Crippen LogP contribution is 2.20. The van der Waals surface area contributed by atoms with Crippen LogP contribution in [0.1, 0.15) is 73.9 Å². The van der Waals surface area contributed by atoms with Gasteiger partial charge in [-0.15, -0.1) is 0 Å². The number of aromatic amines is 1. The van der Waals surface area contributed by atoms with Crippen molar-refractivity contribution in [3.63, 3.8) is 0 Å². The summed E-state index contributed by atoms with van der Waals surface area (Å²) in [4.78, 5) is 46.1. The number of carbonyl (C=O) groups is 1. The van der Waals surface area contributed by atoms with Crippen molar-refractivity contribution in [3.05, 3.63) is 45.0 Å². The molecule has 2 aromatic heterocycles. The molecule has 1 amide bonds. The highest BCUT2D eigenvalue weighted by molar-refractivity contribution is 5.95. The van der Waals surface area contributed by atoms with E-state index in [1.165, 1.54) is 0 Å². The van der Waals surface area contributed by atoms with E-state index in [2.05, 4.69) is 33.7 Å². The van der Waals surface area contributed by atoms with Crippen molar-refractivity contribution in [2.45, 2.75) is 59.8 Å². The number of amides is 1. The van der Waals surface area contributed by atoms with Crippen molar-refractivity contribution in [1.82, 2.24) is 24.8 Å². The predicted octanol–water partition coefficient (Wildman–Crippen LogP) is 2.56. The van der Waals surface area contributed by atoms with Crippen LogP contribution >= 0.6 is 0 Å². The van der Waals surface area contributed by atoms with Crippen LogP contribution in [0.25, 0.3) is 0 Å². The molecule has 0 spiro atoms. The second-order valence-electron chi connectivity index (χ2n) is 9.28. The Morgan fingerprint density at radius 3 is 2.23 bits per heavy atom. The van der Waals surface area contributed by atoms with Gasteiger partial charge in [0.2, 0.25) is 0 Å². The lowest BCUT2D eigenvalue weighted by atomic mass is 9.95. The van der Waals surface area contributed by atoms with Crippen LogP contribution in [0.3, 0.4) is 0 Å². The lowest BCUT2D eigenvalue weighted by Crippen LogP contribution is -2.50. The summed E-state index contributed by atoms with van der Waals surface area (Å²) in [5, 5.41) is 0. The number of nitrogens with one attached hydrogen (secondary N) is 1. The second kappa shape index (κ2) is 8.16. The third kappa shape index (κ3) is 4.52. The molecule has 1 aliphatic heterocycles. The molecule has 1 N–H and O–H groups in total. The third-order valence-electron chi connectivity index (χ3n) is 5.29. The Morgan fingerprint density at radius 2 is 1.70 bits per heavy atom. The molecule has 0 unspecified atom stereocenters. The summed E-state index contributed by atoms with van der Waals surface area (Å²) in [7, 11) is 0. The first-order valence-corrected chi connectivity index (χ1v) is 10.5. The van der Waals surface area contributed by atoms with Crippen LogP contribution in [0.2, 0.25) is 0 Å². The van der Waals surface area contributed by atoms with Gasteiger partial charge in [0, 0.05) is 49.3 Å².